The summed E-state index contributed by atoms with van der Waals surface area (Å²) in [6.45, 7) is 9.11. The van der Waals surface area contributed by atoms with Gasteiger partial charge in [0.05, 0.1) is 6.54 Å². The van der Waals surface area contributed by atoms with Crippen molar-refractivity contribution in [2.45, 2.75) is 27.7 Å². The lowest BCUT2D eigenvalue weighted by atomic mass is 10.2. The normalized spacial score (nSPS) is 9.58. The van der Waals surface area contributed by atoms with E-state index in [4.69, 9.17) is 5.11 Å². The first-order valence-electron chi connectivity index (χ1n) is 4.42. The van der Waals surface area contributed by atoms with Crippen LogP contribution in [0.1, 0.15) is 27.7 Å². The van der Waals surface area contributed by atoms with E-state index in [0.29, 0.717) is 5.92 Å². The molecule has 0 aliphatic carbocycles. The average molecular weight is 175 g/mol. The van der Waals surface area contributed by atoms with Crippen LogP contribution in [0.4, 0.5) is 0 Å². The number of hydrogen-bond donors (Lipinski definition) is 1. The molecule has 0 aromatic rings. The highest BCUT2D eigenvalue weighted by molar-refractivity contribution is 5.68. The van der Waals surface area contributed by atoms with Crippen molar-refractivity contribution in [3.8, 4) is 0 Å². The molecule has 0 aliphatic rings. The first kappa shape index (κ1) is 14.0. The minimum Gasteiger partial charge on any atom is -0.480 e. The van der Waals surface area contributed by atoms with E-state index < -0.39 is 5.97 Å². The summed E-state index contributed by atoms with van der Waals surface area (Å²) < 4.78 is 0. The van der Waals surface area contributed by atoms with Gasteiger partial charge in [0, 0.05) is 6.54 Å². The van der Waals surface area contributed by atoms with E-state index in [-0.39, 0.29) is 6.54 Å². The Morgan fingerprint density at radius 3 is 2.08 bits per heavy atom. The van der Waals surface area contributed by atoms with E-state index in [9.17, 15) is 4.79 Å². The summed E-state index contributed by atoms with van der Waals surface area (Å²) in [5.41, 5.74) is 0. The first-order chi connectivity index (χ1) is 5.52. The van der Waals surface area contributed by atoms with Crippen LogP contribution in [0.3, 0.4) is 0 Å². The van der Waals surface area contributed by atoms with E-state index in [0.717, 1.165) is 6.54 Å². The van der Waals surface area contributed by atoms with Crippen LogP contribution in [0, 0.1) is 5.92 Å². The predicted octanol–water partition coefficient (Wildman–Crippen LogP) is 1.69. The van der Waals surface area contributed by atoms with Gasteiger partial charge in [-0.2, -0.15) is 0 Å². The summed E-state index contributed by atoms with van der Waals surface area (Å²) in [4.78, 5) is 11.9. The van der Waals surface area contributed by atoms with Crippen molar-refractivity contribution in [3.63, 3.8) is 0 Å². The maximum absolute atomic E-state index is 10.1. The highest BCUT2D eigenvalue weighted by Gasteiger charge is 2.04. The Labute approximate surface area is 75.4 Å². The van der Waals surface area contributed by atoms with Gasteiger partial charge < -0.3 is 5.11 Å². The molecule has 0 atom stereocenters. The Morgan fingerprint density at radius 1 is 1.42 bits per heavy atom. The molecule has 12 heavy (non-hydrogen) atoms. The number of likely N-dealkylation sites (N-methyl/N-ethyl adjacent to an activating group) is 1. The van der Waals surface area contributed by atoms with E-state index in [1.54, 1.807) is 4.90 Å². The zero-order chi connectivity index (χ0) is 10.1. The van der Waals surface area contributed by atoms with Gasteiger partial charge in [0.15, 0.2) is 0 Å². The molecule has 0 spiro atoms. The van der Waals surface area contributed by atoms with E-state index in [1.165, 1.54) is 0 Å². The highest BCUT2D eigenvalue weighted by Crippen LogP contribution is 1.94. The molecule has 0 aliphatic heterocycles. The summed E-state index contributed by atoms with van der Waals surface area (Å²) in [5, 5.41) is 8.36. The Hall–Kier alpha value is -0.570. The van der Waals surface area contributed by atoms with Crippen LogP contribution in [-0.2, 0) is 4.79 Å². The van der Waals surface area contributed by atoms with Crippen LogP contribution < -0.4 is 0 Å². The lowest BCUT2D eigenvalue weighted by Gasteiger charge is -2.15. The first-order valence-corrected chi connectivity index (χ1v) is 4.42. The molecule has 0 aromatic carbocycles. The van der Waals surface area contributed by atoms with Crippen molar-refractivity contribution in [2.24, 2.45) is 5.92 Å². The van der Waals surface area contributed by atoms with Crippen molar-refractivity contribution in [1.29, 1.82) is 0 Å². The van der Waals surface area contributed by atoms with Crippen molar-refractivity contribution in [2.75, 3.05) is 20.1 Å². The summed E-state index contributed by atoms with van der Waals surface area (Å²) in [7, 11) is 1.81. The van der Waals surface area contributed by atoms with Crippen LogP contribution in [0.15, 0.2) is 0 Å². The molecule has 0 heterocycles. The highest BCUT2D eigenvalue weighted by atomic mass is 16.4. The molecular formula is C9H21NO2. The SMILES string of the molecule is CC.CC(C)CN(C)CC(=O)O. The van der Waals surface area contributed by atoms with Crippen molar-refractivity contribution in [1.82, 2.24) is 4.90 Å². The Balaban J connectivity index is 0. The van der Waals surface area contributed by atoms with Gasteiger partial charge in [0.1, 0.15) is 0 Å². The maximum atomic E-state index is 10.1. The number of aliphatic carboxylic acids is 1. The van der Waals surface area contributed by atoms with Crippen molar-refractivity contribution >= 4 is 5.97 Å². The van der Waals surface area contributed by atoms with Gasteiger partial charge in [-0.25, -0.2) is 0 Å². The molecule has 1 N–H and O–H groups in total. The number of hydrogen-bond acceptors (Lipinski definition) is 2. The van der Waals surface area contributed by atoms with Gasteiger partial charge in [-0.1, -0.05) is 27.7 Å². The second-order valence-corrected chi connectivity index (χ2v) is 2.98. The molecule has 0 radical (unpaired) electrons. The summed E-state index contributed by atoms with van der Waals surface area (Å²) in [6.07, 6.45) is 0. The molecule has 0 aromatic heterocycles. The topological polar surface area (TPSA) is 40.5 Å². The predicted molar refractivity (Wildman–Crippen MR) is 51.3 cm³/mol. The number of carboxylic acids is 1. The third kappa shape index (κ3) is 12.1. The lowest BCUT2D eigenvalue weighted by Crippen LogP contribution is -2.28. The molecule has 0 saturated heterocycles. The molecule has 0 rings (SSSR count). The fourth-order valence-electron chi connectivity index (χ4n) is 0.919. The smallest absolute Gasteiger partial charge is 0.317 e. The zero-order valence-electron chi connectivity index (χ0n) is 8.79. The zero-order valence-corrected chi connectivity index (χ0v) is 8.79. The third-order valence-electron chi connectivity index (χ3n) is 1.08. The van der Waals surface area contributed by atoms with Crippen LogP contribution in [0.25, 0.3) is 0 Å². The van der Waals surface area contributed by atoms with E-state index in [1.807, 2.05) is 20.9 Å². The standard InChI is InChI=1S/C7H15NO2.C2H6/c1-6(2)4-8(3)5-7(9)10;1-2/h6H,4-5H2,1-3H3,(H,9,10);1-2H3. The summed E-state index contributed by atoms with van der Waals surface area (Å²) in [5.74, 6) is -0.229. The molecule has 0 unspecified atom stereocenters. The Morgan fingerprint density at radius 2 is 1.83 bits per heavy atom. The van der Waals surface area contributed by atoms with Gasteiger partial charge in [0.2, 0.25) is 0 Å². The van der Waals surface area contributed by atoms with Gasteiger partial charge in [-0.05, 0) is 13.0 Å². The fraction of sp³-hybridized carbons (Fsp3) is 0.889. The largest absolute Gasteiger partial charge is 0.480 e. The van der Waals surface area contributed by atoms with Crippen LogP contribution >= 0.6 is 0 Å². The maximum Gasteiger partial charge on any atom is 0.317 e. The molecule has 0 fully saturated rings. The van der Waals surface area contributed by atoms with Crippen molar-refractivity contribution in [3.05, 3.63) is 0 Å². The van der Waals surface area contributed by atoms with Gasteiger partial charge in [-0.15, -0.1) is 0 Å². The van der Waals surface area contributed by atoms with Gasteiger partial charge in [0.25, 0.3) is 0 Å². The minimum absolute atomic E-state index is 0.137. The minimum atomic E-state index is -0.761. The number of carbonyl (C=O) groups is 1. The quantitative estimate of drug-likeness (QED) is 0.706. The van der Waals surface area contributed by atoms with E-state index >= 15 is 0 Å². The fourth-order valence-corrected chi connectivity index (χ4v) is 0.919. The summed E-state index contributed by atoms with van der Waals surface area (Å²) >= 11 is 0. The molecular weight excluding hydrogens is 154 g/mol. The molecule has 0 amide bonds. The molecule has 0 bridgehead atoms. The number of rotatable bonds is 4. The Bertz CT molecular complexity index is 113. The lowest BCUT2D eigenvalue weighted by molar-refractivity contribution is -0.138. The number of carboxylic acid groups (broad SMARTS) is 1. The molecule has 74 valence electrons. The summed E-state index contributed by atoms with van der Waals surface area (Å²) in [6, 6.07) is 0. The second kappa shape index (κ2) is 8.53. The van der Waals surface area contributed by atoms with Gasteiger partial charge >= 0.3 is 5.97 Å². The van der Waals surface area contributed by atoms with Crippen molar-refractivity contribution < 1.29 is 9.90 Å². The third-order valence-corrected chi connectivity index (χ3v) is 1.08. The van der Waals surface area contributed by atoms with Crippen LogP contribution in [-0.4, -0.2) is 36.1 Å². The second-order valence-electron chi connectivity index (χ2n) is 2.98. The van der Waals surface area contributed by atoms with E-state index in [2.05, 4.69) is 13.8 Å². The molecule has 3 nitrogen and oxygen atoms in total. The van der Waals surface area contributed by atoms with Crippen LogP contribution in [0.5, 0.6) is 0 Å². The number of nitrogens with zero attached hydrogens (tertiary/aromatic N) is 1. The van der Waals surface area contributed by atoms with Crippen LogP contribution in [0.2, 0.25) is 0 Å². The average Bonchev–Trinajstić information content (AvgIpc) is 1.87. The van der Waals surface area contributed by atoms with Gasteiger partial charge in [-0.3, -0.25) is 9.69 Å². The molecule has 0 saturated carbocycles. The Kier molecular flexibility index (Phi) is 9.93. The molecule has 3 heteroatoms. The monoisotopic (exact) mass is 175 g/mol.